The van der Waals surface area contributed by atoms with Crippen LogP contribution in [0.5, 0.6) is 11.5 Å². The standard InChI is InChI=1S/C17H16O3/c1-10(2)11-3-5-12(6-4-11)16-14-9-13(18)7-8-15(14)20-17(16)19/h3-10,16,18H,1-2H3. The maximum absolute atomic E-state index is 12.1. The minimum Gasteiger partial charge on any atom is -0.508 e. The highest BCUT2D eigenvalue weighted by Gasteiger charge is 2.34. The molecule has 0 aromatic heterocycles. The fraction of sp³-hybridized carbons (Fsp3) is 0.235. The van der Waals surface area contributed by atoms with Gasteiger partial charge in [-0.1, -0.05) is 38.1 Å². The highest BCUT2D eigenvalue weighted by Crippen LogP contribution is 2.40. The molecule has 2 aromatic carbocycles. The molecule has 0 amide bonds. The van der Waals surface area contributed by atoms with Gasteiger partial charge >= 0.3 is 5.97 Å². The van der Waals surface area contributed by atoms with Crippen molar-refractivity contribution in [3.63, 3.8) is 0 Å². The van der Waals surface area contributed by atoms with Crippen LogP contribution in [0.15, 0.2) is 42.5 Å². The smallest absolute Gasteiger partial charge is 0.323 e. The van der Waals surface area contributed by atoms with Gasteiger partial charge in [0.05, 0.1) is 0 Å². The molecule has 0 bridgehead atoms. The van der Waals surface area contributed by atoms with Crippen LogP contribution in [0.1, 0.15) is 42.4 Å². The van der Waals surface area contributed by atoms with Crippen molar-refractivity contribution in [2.45, 2.75) is 25.7 Å². The lowest BCUT2D eigenvalue weighted by atomic mass is 9.90. The SMILES string of the molecule is CC(C)c1ccc(C2C(=O)Oc3ccc(O)cc32)cc1. The molecule has 102 valence electrons. The number of phenols is 1. The minimum absolute atomic E-state index is 0.144. The van der Waals surface area contributed by atoms with E-state index >= 15 is 0 Å². The zero-order chi connectivity index (χ0) is 14.3. The molecular formula is C17H16O3. The molecule has 1 heterocycles. The van der Waals surface area contributed by atoms with Crippen LogP contribution in [0.3, 0.4) is 0 Å². The summed E-state index contributed by atoms with van der Waals surface area (Å²) in [7, 11) is 0. The van der Waals surface area contributed by atoms with Crippen molar-refractivity contribution in [1.29, 1.82) is 0 Å². The van der Waals surface area contributed by atoms with E-state index in [-0.39, 0.29) is 11.7 Å². The molecule has 0 fully saturated rings. The summed E-state index contributed by atoms with van der Waals surface area (Å²) < 4.78 is 5.26. The zero-order valence-corrected chi connectivity index (χ0v) is 11.5. The van der Waals surface area contributed by atoms with Gasteiger partial charge in [0.15, 0.2) is 0 Å². The van der Waals surface area contributed by atoms with Crippen LogP contribution in [0.25, 0.3) is 0 Å². The van der Waals surface area contributed by atoms with E-state index in [9.17, 15) is 9.90 Å². The molecule has 3 rings (SSSR count). The number of hydrogen-bond donors (Lipinski definition) is 1. The third-order valence-corrected chi connectivity index (χ3v) is 3.69. The van der Waals surface area contributed by atoms with Crippen LogP contribution in [-0.2, 0) is 4.79 Å². The Labute approximate surface area is 117 Å². The number of benzene rings is 2. The lowest BCUT2D eigenvalue weighted by Gasteiger charge is -2.10. The summed E-state index contributed by atoms with van der Waals surface area (Å²) in [6.07, 6.45) is 0. The van der Waals surface area contributed by atoms with Gasteiger partial charge in [-0.2, -0.15) is 0 Å². The lowest BCUT2D eigenvalue weighted by Crippen LogP contribution is -2.11. The maximum atomic E-state index is 12.1. The molecule has 1 N–H and O–H groups in total. The summed E-state index contributed by atoms with van der Waals surface area (Å²) in [5.74, 6) is 0.397. The summed E-state index contributed by atoms with van der Waals surface area (Å²) in [4.78, 5) is 12.1. The Bertz CT molecular complexity index is 656. The van der Waals surface area contributed by atoms with Crippen LogP contribution >= 0.6 is 0 Å². The first-order chi connectivity index (χ1) is 9.56. The van der Waals surface area contributed by atoms with Crippen molar-refractivity contribution in [2.24, 2.45) is 0 Å². The fourth-order valence-electron chi connectivity index (χ4n) is 2.54. The number of carbonyl (C=O) groups excluding carboxylic acids is 1. The van der Waals surface area contributed by atoms with E-state index in [1.807, 2.05) is 24.3 Å². The van der Waals surface area contributed by atoms with Crippen molar-refractivity contribution in [3.05, 3.63) is 59.2 Å². The van der Waals surface area contributed by atoms with Crippen molar-refractivity contribution in [1.82, 2.24) is 0 Å². The van der Waals surface area contributed by atoms with E-state index in [2.05, 4.69) is 13.8 Å². The molecule has 0 aliphatic carbocycles. The Hall–Kier alpha value is -2.29. The van der Waals surface area contributed by atoms with Gasteiger partial charge in [0.25, 0.3) is 0 Å². The van der Waals surface area contributed by atoms with Gasteiger partial charge in [-0.05, 0) is 35.2 Å². The number of phenolic OH excluding ortho intramolecular Hbond substituents is 1. The second-order valence-corrected chi connectivity index (χ2v) is 5.40. The average molecular weight is 268 g/mol. The van der Waals surface area contributed by atoms with Gasteiger partial charge < -0.3 is 9.84 Å². The fourth-order valence-corrected chi connectivity index (χ4v) is 2.54. The van der Waals surface area contributed by atoms with E-state index < -0.39 is 5.92 Å². The molecule has 0 saturated heterocycles. The number of carbonyl (C=O) groups is 1. The first-order valence-corrected chi connectivity index (χ1v) is 6.70. The Balaban J connectivity index is 2.02. The summed E-state index contributed by atoms with van der Waals surface area (Å²) in [5, 5.41) is 9.60. The molecule has 20 heavy (non-hydrogen) atoms. The minimum atomic E-state index is -0.446. The van der Waals surface area contributed by atoms with Gasteiger partial charge in [0.2, 0.25) is 0 Å². The van der Waals surface area contributed by atoms with Crippen molar-refractivity contribution in [2.75, 3.05) is 0 Å². The summed E-state index contributed by atoms with van der Waals surface area (Å²) >= 11 is 0. The molecule has 1 unspecified atom stereocenters. The molecule has 3 nitrogen and oxygen atoms in total. The van der Waals surface area contributed by atoms with Crippen LogP contribution in [-0.4, -0.2) is 11.1 Å². The Morgan fingerprint density at radius 3 is 2.45 bits per heavy atom. The molecule has 3 heteroatoms. The van der Waals surface area contributed by atoms with E-state index in [4.69, 9.17) is 4.74 Å². The topological polar surface area (TPSA) is 46.5 Å². The predicted octanol–water partition coefficient (Wildman–Crippen LogP) is 3.57. The lowest BCUT2D eigenvalue weighted by molar-refractivity contribution is -0.133. The number of esters is 1. The van der Waals surface area contributed by atoms with Crippen LogP contribution < -0.4 is 4.74 Å². The van der Waals surface area contributed by atoms with Crippen molar-refractivity contribution in [3.8, 4) is 11.5 Å². The monoisotopic (exact) mass is 268 g/mol. The third-order valence-electron chi connectivity index (χ3n) is 3.69. The van der Waals surface area contributed by atoms with E-state index in [0.717, 1.165) is 11.1 Å². The van der Waals surface area contributed by atoms with Gasteiger partial charge in [-0.25, -0.2) is 0 Å². The first kappa shape index (κ1) is 12.7. The number of rotatable bonds is 2. The maximum Gasteiger partial charge on any atom is 0.323 e. The number of fused-ring (bicyclic) bond motifs is 1. The summed E-state index contributed by atoms with van der Waals surface area (Å²) in [5.41, 5.74) is 2.85. The molecule has 0 radical (unpaired) electrons. The van der Waals surface area contributed by atoms with Crippen LogP contribution in [0, 0.1) is 0 Å². The number of ether oxygens (including phenoxy) is 1. The second-order valence-electron chi connectivity index (χ2n) is 5.40. The molecular weight excluding hydrogens is 252 g/mol. The largest absolute Gasteiger partial charge is 0.508 e. The number of hydrogen-bond acceptors (Lipinski definition) is 3. The normalized spacial score (nSPS) is 17.1. The average Bonchev–Trinajstić information content (AvgIpc) is 2.74. The molecule has 1 atom stereocenters. The van der Waals surface area contributed by atoms with Gasteiger partial charge in [-0.3, -0.25) is 4.79 Å². The third kappa shape index (κ3) is 2.05. The zero-order valence-electron chi connectivity index (χ0n) is 11.5. The second kappa shape index (κ2) is 4.67. The molecule has 2 aromatic rings. The van der Waals surface area contributed by atoms with Gasteiger partial charge in [-0.15, -0.1) is 0 Å². The summed E-state index contributed by atoms with van der Waals surface area (Å²) in [6.45, 7) is 4.26. The van der Waals surface area contributed by atoms with Crippen LogP contribution in [0.2, 0.25) is 0 Å². The van der Waals surface area contributed by atoms with Gasteiger partial charge in [0, 0.05) is 5.56 Å². The highest BCUT2D eigenvalue weighted by molar-refractivity contribution is 5.89. The highest BCUT2D eigenvalue weighted by atomic mass is 16.5. The molecule has 0 spiro atoms. The van der Waals surface area contributed by atoms with E-state index in [0.29, 0.717) is 11.7 Å². The Morgan fingerprint density at radius 2 is 1.80 bits per heavy atom. The quantitative estimate of drug-likeness (QED) is 0.669. The van der Waals surface area contributed by atoms with Crippen LogP contribution in [0.4, 0.5) is 0 Å². The Kier molecular flexibility index (Phi) is 2.97. The van der Waals surface area contributed by atoms with Gasteiger partial charge in [0.1, 0.15) is 17.4 Å². The number of aromatic hydroxyl groups is 1. The van der Waals surface area contributed by atoms with Crippen molar-refractivity contribution >= 4 is 5.97 Å². The van der Waals surface area contributed by atoms with Crippen molar-refractivity contribution < 1.29 is 14.6 Å². The van der Waals surface area contributed by atoms with E-state index in [1.165, 1.54) is 11.6 Å². The van der Waals surface area contributed by atoms with E-state index in [1.54, 1.807) is 12.1 Å². The predicted molar refractivity (Wildman–Crippen MR) is 76.1 cm³/mol. The Morgan fingerprint density at radius 1 is 1.10 bits per heavy atom. The first-order valence-electron chi connectivity index (χ1n) is 6.70. The molecule has 0 saturated carbocycles. The molecule has 1 aliphatic heterocycles. The molecule has 1 aliphatic rings. The summed E-state index contributed by atoms with van der Waals surface area (Å²) in [6, 6.07) is 12.7.